The first-order valence-corrected chi connectivity index (χ1v) is 9.15. The van der Waals surface area contributed by atoms with Crippen molar-refractivity contribution in [1.29, 1.82) is 0 Å². The van der Waals surface area contributed by atoms with Crippen LogP contribution < -0.4 is 10.2 Å². The number of amides is 1. The first-order chi connectivity index (χ1) is 12.1. The lowest BCUT2D eigenvalue weighted by molar-refractivity contribution is -0.118. The highest BCUT2D eigenvalue weighted by atomic mass is 32.2. The summed E-state index contributed by atoms with van der Waals surface area (Å²) in [5.41, 5.74) is 0.989. The second-order valence-electron chi connectivity index (χ2n) is 5.86. The molecule has 25 heavy (non-hydrogen) atoms. The number of pyridine rings is 1. The quantitative estimate of drug-likeness (QED) is 0.800. The maximum atomic E-state index is 13.1. The van der Waals surface area contributed by atoms with Crippen molar-refractivity contribution in [3.63, 3.8) is 0 Å². The zero-order valence-corrected chi connectivity index (χ0v) is 14.5. The lowest BCUT2D eigenvalue weighted by atomic mass is 10.2. The number of benzene rings is 1. The summed E-state index contributed by atoms with van der Waals surface area (Å²) in [6.07, 6.45) is 4.12. The number of carbonyl (C=O) groups is 1. The Kier molecular flexibility index (Phi) is 5.86. The van der Waals surface area contributed by atoms with Crippen LogP contribution in [0.5, 0.6) is 0 Å². The van der Waals surface area contributed by atoms with Crippen molar-refractivity contribution in [2.75, 3.05) is 23.7 Å². The predicted octanol–water partition coefficient (Wildman–Crippen LogP) is 3.37. The number of rotatable bonds is 6. The number of hydrogen-bond donors (Lipinski definition) is 1. The number of anilines is 1. The molecule has 0 radical (unpaired) electrons. The summed E-state index contributed by atoms with van der Waals surface area (Å²) in [6.45, 7) is 2.46. The van der Waals surface area contributed by atoms with Crippen LogP contribution in [0.2, 0.25) is 0 Å². The minimum atomic E-state index is -0.906. The fourth-order valence-electron chi connectivity index (χ4n) is 2.66. The average molecular weight is 363 g/mol. The molecule has 2 heterocycles. The van der Waals surface area contributed by atoms with Crippen LogP contribution in [0, 0.1) is 11.6 Å². The topological polar surface area (TPSA) is 45.2 Å². The van der Waals surface area contributed by atoms with Crippen LogP contribution in [0.4, 0.5) is 14.6 Å². The highest BCUT2D eigenvalue weighted by Gasteiger charge is 2.13. The Morgan fingerprint density at radius 2 is 1.96 bits per heavy atom. The van der Waals surface area contributed by atoms with Gasteiger partial charge in [-0.25, -0.2) is 13.8 Å². The fraction of sp³-hybridized carbons (Fsp3) is 0.333. The number of hydrogen-bond acceptors (Lipinski definition) is 4. The Labute approximate surface area is 149 Å². The summed E-state index contributed by atoms with van der Waals surface area (Å²) >= 11 is 1.17. The third kappa shape index (κ3) is 4.92. The van der Waals surface area contributed by atoms with E-state index in [1.54, 1.807) is 6.20 Å². The second-order valence-corrected chi connectivity index (χ2v) is 6.91. The molecule has 2 aromatic rings. The molecule has 1 aromatic heterocycles. The summed E-state index contributed by atoms with van der Waals surface area (Å²) in [7, 11) is 0. The van der Waals surface area contributed by atoms with Crippen molar-refractivity contribution in [3.05, 3.63) is 53.7 Å². The van der Waals surface area contributed by atoms with Gasteiger partial charge >= 0.3 is 0 Å². The Morgan fingerprint density at radius 3 is 2.72 bits per heavy atom. The van der Waals surface area contributed by atoms with Gasteiger partial charge < -0.3 is 10.2 Å². The third-order valence-corrected chi connectivity index (χ3v) is 4.98. The van der Waals surface area contributed by atoms with E-state index in [0.29, 0.717) is 11.4 Å². The first kappa shape index (κ1) is 17.7. The highest BCUT2D eigenvalue weighted by molar-refractivity contribution is 8.00. The molecule has 132 valence electrons. The summed E-state index contributed by atoms with van der Waals surface area (Å²) in [5.74, 6) is -0.860. The molecule has 1 amide bonds. The summed E-state index contributed by atoms with van der Waals surface area (Å²) in [4.78, 5) is 19.1. The van der Waals surface area contributed by atoms with Gasteiger partial charge in [-0.1, -0.05) is 0 Å². The van der Waals surface area contributed by atoms with Gasteiger partial charge in [0.15, 0.2) is 11.6 Å². The van der Waals surface area contributed by atoms with Crippen molar-refractivity contribution >= 4 is 23.5 Å². The summed E-state index contributed by atoms with van der Waals surface area (Å²) in [5, 5.41) is 2.84. The SMILES string of the molecule is O=C(CSc1ccc(F)c(F)c1)NCc1ccnc(N2CCCC2)c1. The molecule has 4 nitrogen and oxygen atoms in total. The first-order valence-electron chi connectivity index (χ1n) is 8.16. The van der Waals surface area contributed by atoms with Gasteiger partial charge in [0.05, 0.1) is 5.75 Å². The van der Waals surface area contributed by atoms with Gasteiger partial charge in [0.1, 0.15) is 5.82 Å². The molecule has 1 aliphatic rings. The van der Waals surface area contributed by atoms with E-state index in [4.69, 9.17) is 0 Å². The monoisotopic (exact) mass is 363 g/mol. The van der Waals surface area contributed by atoms with Crippen molar-refractivity contribution in [2.45, 2.75) is 24.3 Å². The van der Waals surface area contributed by atoms with Crippen molar-refractivity contribution in [2.24, 2.45) is 0 Å². The van der Waals surface area contributed by atoms with Crippen LogP contribution >= 0.6 is 11.8 Å². The Morgan fingerprint density at radius 1 is 1.16 bits per heavy atom. The molecule has 3 rings (SSSR count). The van der Waals surface area contributed by atoms with Gasteiger partial charge in [-0.15, -0.1) is 11.8 Å². The molecule has 0 unspecified atom stereocenters. The number of aromatic nitrogens is 1. The van der Waals surface area contributed by atoms with Gasteiger partial charge in [-0.2, -0.15) is 0 Å². The van der Waals surface area contributed by atoms with Gasteiger partial charge in [-0.3, -0.25) is 4.79 Å². The highest BCUT2D eigenvalue weighted by Crippen LogP contribution is 2.20. The molecule has 0 aliphatic carbocycles. The van der Waals surface area contributed by atoms with Crippen LogP contribution in [0.15, 0.2) is 41.4 Å². The van der Waals surface area contributed by atoms with Crippen molar-refractivity contribution < 1.29 is 13.6 Å². The Hall–Kier alpha value is -2.15. The van der Waals surface area contributed by atoms with Crippen molar-refractivity contribution in [1.82, 2.24) is 10.3 Å². The van der Waals surface area contributed by atoms with E-state index in [1.807, 2.05) is 12.1 Å². The van der Waals surface area contributed by atoms with Crippen LogP contribution in [0.3, 0.4) is 0 Å². The van der Waals surface area contributed by atoms with Gasteiger partial charge in [0.2, 0.25) is 5.91 Å². The van der Waals surface area contributed by atoms with Crippen LogP contribution in [0.1, 0.15) is 18.4 Å². The Bertz CT molecular complexity index is 751. The number of thioether (sulfide) groups is 1. The van der Waals surface area contributed by atoms with E-state index in [-0.39, 0.29) is 11.7 Å². The number of nitrogens with zero attached hydrogens (tertiary/aromatic N) is 2. The zero-order valence-electron chi connectivity index (χ0n) is 13.7. The lowest BCUT2D eigenvalue weighted by Gasteiger charge is -2.17. The third-order valence-electron chi connectivity index (χ3n) is 3.99. The molecular formula is C18H19F2N3OS. The zero-order chi connectivity index (χ0) is 17.6. The predicted molar refractivity (Wildman–Crippen MR) is 94.6 cm³/mol. The molecular weight excluding hydrogens is 344 g/mol. The van der Waals surface area contributed by atoms with E-state index in [2.05, 4.69) is 15.2 Å². The maximum absolute atomic E-state index is 13.1. The molecule has 1 N–H and O–H groups in total. The molecule has 1 aromatic carbocycles. The number of nitrogens with one attached hydrogen (secondary N) is 1. The van der Waals surface area contributed by atoms with Crippen LogP contribution in [-0.4, -0.2) is 29.7 Å². The average Bonchev–Trinajstić information content (AvgIpc) is 3.16. The number of halogens is 2. The molecule has 7 heteroatoms. The Balaban J connectivity index is 1.48. The number of carbonyl (C=O) groups excluding carboxylic acids is 1. The molecule has 0 bridgehead atoms. The second kappa shape index (κ2) is 8.29. The van der Waals surface area contributed by atoms with Gasteiger partial charge in [0.25, 0.3) is 0 Å². The fourth-order valence-corrected chi connectivity index (χ4v) is 3.41. The van der Waals surface area contributed by atoms with Gasteiger partial charge in [0, 0.05) is 30.7 Å². The molecule has 0 saturated carbocycles. The lowest BCUT2D eigenvalue weighted by Crippen LogP contribution is -2.25. The smallest absolute Gasteiger partial charge is 0.230 e. The van der Waals surface area contributed by atoms with E-state index in [9.17, 15) is 13.6 Å². The standard InChI is InChI=1S/C18H19F2N3OS/c19-15-4-3-14(10-16(15)20)25-12-18(24)22-11-13-5-6-21-17(9-13)23-7-1-2-8-23/h3-6,9-10H,1-2,7-8,11-12H2,(H,22,24). The molecule has 1 aliphatic heterocycles. The summed E-state index contributed by atoms with van der Waals surface area (Å²) < 4.78 is 26.0. The van der Waals surface area contributed by atoms with E-state index in [1.165, 1.54) is 30.7 Å². The minimum Gasteiger partial charge on any atom is -0.357 e. The van der Waals surface area contributed by atoms with E-state index < -0.39 is 11.6 Å². The molecule has 0 atom stereocenters. The summed E-state index contributed by atoms with van der Waals surface area (Å²) in [6, 6.07) is 7.49. The van der Waals surface area contributed by atoms with Crippen LogP contribution in [0.25, 0.3) is 0 Å². The molecule has 1 fully saturated rings. The molecule has 0 spiro atoms. The minimum absolute atomic E-state index is 0.148. The van der Waals surface area contributed by atoms with E-state index >= 15 is 0 Å². The van der Waals surface area contributed by atoms with Gasteiger partial charge in [-0.05, 0) is 48.7 Å². The largest absolute Gasteiger partial charge is 0.357 e. The molecule has 1 saturated heterocycles. The van der Waals surface area contributed by atoms with Crippen molar-refractivity contribution in [3.8, 4) is 0 Å². The van der Waals surface area contributed by atoms with E-state index in [0.717, 1.165) is 36.6 Å². The normalized spacial score (nSPS) is 13.9. The maximum Gasteiger partial charge on any atom is 0.230 e. The van der Waals surface area contributed by atoms with Crippen LogP contribution in [-0.2, 0) is 11.3 Å².